The van der Waals surface area contributed by atoms with E-state index >= 15 is 0 Å². The molecule has 1 aliphatic heterocycles. The van der Waals surface area contributed by atoms with Gasteiger partial charge in [-0.1, -0.05) is 0 Å². The average Bonchev–Trinajstić information content (AvgIpc) is 2.77. The molecule has 1 saturated heterocycles. The first kappa shape index (κ1) is 15.7. The monoisotopic (exact) mass is 310 g/mol. The molecule has 0 aromatic carbocycles. The molecule has 0 spiro atoms. The minimum atomic E-state index is -3.62. The molecule has 1 aromatic heterocycles. The third-order valence-electron chi connectivity index (χ3n) is 3.57. The molecule has 1 fully saturated rings. The zero-order chi connectivity index (χ0) is 15.7. The SMILES string of the molecule is CC1(C)CCCN1S(=O)(=O)c1cncc(C=CC(=O)O)c1. The molecule has 2 heterocycles. The lowest BCUT2D eigenvalue weighted by molar-refractivity contribution is -0.131. The summed E-state index contributed by atoms with van der Waals surface area (Å²) in [6.07, 6.45) is 6.64. The lowest BCUT2D eigenvalue weighted by Gasteiger charge is -2.30. The fraction of sp³-hybridized carbons (Fsp3) is 0.429. The zero-order valence-corrected chi connectivity index (χ0v) is 12.8. The van der Waals surface area contributed by atoms with Crippen LogP contribution in [0.25, 0.3) is 6.08 Å². The average molecular weight is 310 g/mol. The van der Waals surface area contributed by atoms with Crippen molar-refractivity contribution < 1.29 is 18.3 Å². The normalized spacial score (nSPS) is 19.1. The van der Waals surface area contributed by atoms with Crippen LogP contribution in [0.4, 0.5) is 0 Å². The number of nitrogens with zero attached hydrogens (tertiary/aromatic N) is 2. The molecule has 0 bridgehead atoms. The van der Waals surface area contributed by atoms with Gasteiger partial charge < -0.3 is 5.11 Å². The first-order valence-corrected chi connectivity index (χ1v) is 8.06. The first-order chi connectivity index (χ1) is 9.73. The number of pyridine rings is 1. The van der Waals surface area contributed by atoms with E-state index in [9.17, 15) is 13.2 Å². The number of rotatable bonds is 4. The second kappa shape index (κ2) is 5.57. The summed E-state index contributed by atoms with van der Waals surface area (Å²) in [4.78, 5) is 14.5. The van der Waals surface area contributed by atoms with E-state index in [-0.39, 0.29) is 4.90 Å². The van der Waals surface area contributed by atoms with Crippen molar-refractivity contribution in [3.8, 4) is 0 Å². The quantitative estimate of drug-likeness (QED) is 0.856. The smallest absolute Gasteiger partial charge is 0.328 e. The molecule has 1 aliphatic rings. The summed E-state index contributed by atoms with van der Waals surface area (Å²) in [5.41, 5.74) is 0.0293. The van der Waals surface area contributed by atoms with Crippen molar-refractivity contribution in [2.24, 2.45) is 0 Å². The highest BCUT2D eigenvalue weighted by molar-refractivity contribution is 7.89. The predicted octanol–water partition coefficient (Wildman–Crippen LogP) is 1.74. The second-order valence-corrected chi connectivity index (χ2v) is 7.48. The van der Waals surface area contributed by atoms with E-state index in [0.717, 1.165) is 18.9 Å². The fourth-order valence-corrected chi connectivity index (χ4v) is 4.34. The molecule has 114 valence electrons. The number of aliphatic carboxylic acids is 1. The molecule has 7 heteroatoms. The van der Waals surface area contributed by atoms with Gasteiger partial charge in [-0.25, -0.2) is 13.2 Å². The number of hydrogen-bond acceptors (Lipinski definition) is 4. The largest absolute Gasteiger partial charge is 0.478 e. The Morgan fingerprint density at radius 2 is 2.14 bits per heavy atom. The van der Waals surface area contributed by atoms with Crippen LogP contribution in [0.1, 0.15) is 32.3 Å². The topological polar surface area (TPSA) is 87.6 Å². The maximum absolute atomic E-state index is 12.7. The van der Waals surface area contributed by atoms with E-state index in [4.69, 9.17) is 5.11 Å². The number of carbonyl (C=O) groups is 1. The van der Waals surface area contributed by atoms with Crippen LogP contribution in [0.3, 0.4) is 0 Å². The van der Waals surface area contributed by atoms with E-state index in [2.05, 4.69) is 4.98 Å². The van der Waals surface area contributed by atoms with Crippen molar-refractivity contribution in [2.45, 2.75) is 37.1 Å². The summed E-state index contributed by atoms with van der Waals surface area (Å²) in [6.45, 7) is 4.29. The van der Waals surface area contributed by atoms with E-state index in [1.807, 2.05) is 13.8 Å². The summed E-state index contributed by atoms with van der Waals surface area (Å²) in [7, 11) is -3.62. The predicted molar refractivity (Wildman–Crippen MR) is 78.1 cm³/mol. The molecule has 6 nitrogen and oxygen atoms in total. The van der Waals surface area contributed by atoms with Crippen molar-refractivity contribution in [1.29, 1.82) is 0 Å². The Morgan fingerprint density at radius 1 is 1.43 bits per heavy atom. The summed E-state index contributed by atoms with van der Waals surface area (Å²) in [6, 6.07) is 1.44. The van der Waals surface area contributed by atoms with Gasteiger partial charge in [-0.2, -0.15) is 4.31 Å². The van der Waals surface area contributed by atoms with Gasteiger partial charge in [-0.3, -0.25) is 4.98 Å². The first-order valence-electron chi connectivity index (χ1n) is 6.62. The third kappa shape index (κ3) is 3.30. The molecule has 0 radical (unpaired) electrons. The molecule has 0 unspecified atom stereocenters. The molecular formula is C14H18N2O4S. The molecule has 0 aliphatic carbocycles. The lowest BCUT2D eigenvalue weighted by Crippen LogP contribution is -2.42. The second-order valence-electron chi connectivity index (χ2n) is 5.62. The summed E-state index contributed by atoms with van der Waals surface area (Å²) in [5.74, 6) is -1.09. The molecular weight excluding hydrogens is 292 g/mol. The highest BCUT2D eigenvalue weighted by Gasteiger charge is 2.40. The van der Waals surface area contributed by atoms with Gasteiger partial charge in [0.25, 0.3) is 0 Å². The van der Waals surface area contributed by atoms with Crippen molar-refractivity contribution in [3.63, 3.8) is 0 Å². The highest BCUT2D eigenvalue weighted by atomic mass is 32.2. The summed E-state index contributed by atoms with van der Waals surface area (Å²) in [5, 5.41) is 8.61. The van der Waals surface area contributed by atoms with Crippen LogP contribution < -0.4 is 0 Å². The third-order valence-corrected chi connectivity index (χ3v) is 5.64. The minimum absolute atomic E-state index is 0.0880. The van der Waals surface area contributed by atoms with Crippen molar-refractivity contribution >= 4 is 22.1 Å². The fourth-order valence-electron chi connectivity index (χ4n) is 2.49. The van der Waals surface area contributed by atoms with E-state index in [0.29, 0.717) is 12.1 Å². The summed E-state index contributed by atoms with van der Waals surface area (Å²) < 4.78 is 26.9. The minimum Gasteiger partial charge on any atom is -0.478 e. The number of carboxylic acid groups (broad SMARTS) is 1. The van der Waals surface area contributed by atoms with Gasteiger partial charge in [-0.15, -0.1) is 0 Å². The van der Waals surface area contributed by atoms with Crippen LogP contribution in [-0.2, 0) is 14.8 Å². The van der Waals surface area contributed by atoms with Gasteiger partial charge in [-0.05, 0) is 44.4 Å². The Morgan fingerprint density at radius 3 is 2.71 bits per heavy atom. The van der Waals surface area contributed by atoms with Gasteiger partial charge in [0.1, 0.15) is 4.90 Å². The number of aromatic nitrogens is 1. The Labute approximate surface area is 124 Å². The maximum atomic E-state index is 12.7. The molecule has 2 rings (SSSR count). The van der Waals surface area contributed by atoms with Gasteiger partial charge in [0.2, 0.25) is 10.0 Å². The maximum Gasteiger partial charge on any atom is 0.328 e. The molecule has 0 amide bonds. The van der Waals surface area contributed by atoms with Crippen molar-refractivity contribution in [1.82, 2.24) is 9.29 Å². The Kier molecular flexibility index (Phi) is 4.15. The molecule has 0 saturated carbocycles. The molecule has 1 N–H and O–H groups in total. The van der Waals surface area contributed by atoms with Crippen LogP contribution in [0, 0.1) is 0 Å². The molecule has 0 atom stereocenters. The number of carboxylic acids is 1. The highest BCUT2D eigenvalue weighted by Crippen LogP contribution is 2.33. The van der Waals surface area contributed by atoms with E-state index < -0.39 is 21.5 Å². The Bertz CT molecular complexity index is 680. The van der Waals surface area contributed by atoms with Gasteiger partial charge in [0.05, 0.1) is 0 Å². The van der Waals surface area contributed by atoms with Crippen LogP contribution in [0.2, 0.25) is 0 Å². The van der Waals surface area contributed by atoms with Gasteiger partial charge in [0, 0.05) is 30.6 Å². The van der Waals surface area contributed by atoms with Crippen LogP contribution in [-0.4, -0.2) is 40.9 Å². The number of sulfonamides is 1. The van der Waals surface area contributed by atoms with Crippen LogP contribution in [0.15, 0.2) is 29.4 Å². The van der Waals surface area contributed by atoms with Gasteiger partial charge in [0.15, 0.2) is 0 Å². The zero-order valence-electron chi connectivity index (χ0n) is 12.0. The van der Waals surface area contributed by atoms with Crippen LogP contribution in [0.5, 0.6) is 0 Å². The lowest BCUT2D eigenvalue weighted by atomic mass is 10.0. The van der Waals surface area contributed by atoms with Crippen LogP contribution >= 0.6 is 0 Å². The number of hydrogen-bond donors (Lipinski definition) is 1. The molecule has 1 aromatic rings. The van der Waals surface area contributed by atoms with Crippen molar-refractivity contribution in [3.05, 3.63) is 30.1 Å². The Hall–Kier alpha value is -1.73. The standard InChI is InChI=1S/C14H18N2O4S/c1-14(2)6-3-7-16(14)21(19,20)12-8-11(9-15-10-12)4-5-13(17)18/h4-5,8-10H,3,6-7H2,1-2H3,(H,17,18). The Balaban J connectivity index is 2.37. The van der Waals surface area contributed by atoms with Crippen molar-refractivity contribution in [2.75, 3.05) is 6.54 Å². The van der Waals surface area contributed by atoms with Gasteiger partial charge >= 0.3 is 5.97 Å². The van der Waals surface area contributed by atoms with E-state index in [1.54, 1.807) is 0 Å². The summed E-state index contributed by atoms with van der Waals surface area (Å²) >= 11 is 0. The molecule has 21 heavy (non-hydrogen) atoms. The van der Waals surface area contributed by atoms with E-state index in [1.165, 1.54) is 28.8 Å².